The summed E-state index contributed by atoms with van der Waals surface area (Å²) >= 11 is 0. The second-order valence-corrected chi connectivity index (χ2v) is 9.33. The Morgan fingerprint density at radius 2 is 1.82 bits per heavy atom. The molecule has 3 rings (SSSR count). The van der Waals surface area contributed by atoms with Crippen LogP contribution >= 0.6 is 0 Å². The topological polar surface area (TPSA) is 66.8 Å². The standard InChI is InChI=1S/C23H33NO4/c1-5-18(16-9-7-6-8-10-16)20(25)24-19(21(26)27)15-28-23(24)13-11-17(12-14-23)22(2,3)4/h6-10,17-19H,5,11-15H2,1-4H3,(H,26,27). The molecule has 1 aromatic rings. The molecule has 154 valence electrons. The maximum Gasteiger partial charge on any atom is 0.328 e. The molecule has 1 heterocycles. The zero-order valence-electron chi connectivity index (χ0n) is 17.5. The summed E-state index contributed by atoms with van der Waals surface area (Å²) in [6, 6.07) is 8.75. The van der Waals surface area contributed by atoms with E-state index in [1.807, 2.05) is 37.3 Å². The minimum absolute atomic E-state index is 0.0759. The molecule has 1 aliphatic carbocycles. The molecule has 5 heteroatoms. The Labute approximate surface area is 168 Å². The molecule has 0 radical (unpaired) electrons. The number of benzene rings is 1. The number of nitrogens with zero attached hydrogens (tertiary/aromatic N) is 1. The van der Waals surface area contributed by atoms with E-state index in [1.54, 1.807) is 4.90 Å². The Bertz CT molecular complexity index is 701. The lowest BCUT2D eigenvalue weighted by molar-refractivity contribution is -0.167. The van der Waals surface area contributed by atoms with Crippen LogP contribution in [0.4, 0.5) is 0 Å². The molecule has 2 unspecified atom stereocenters. The van der Waals surface area contributed by atoms with Gasteiger partial charge >= 0.3 is 5.97 Å². The van der Waals surface area contributed by atoms with Crippen LogP contribution in [0.1, 0.15) is 71.3 Å². The normalized spacial score (nSPS) is 29.1. The molecule has 2 aliphatic rings. The number of ether oxygens (including phenoxy) is 1. The first-order valence-corrected chi connectivity index (χ1v) is 10.4. The fourth-order valence-corrected chi connectivity index (χ4v) is 4.92. The number of hydrogen-bond acceptors (Lipinski definition) is 3. The summed E-state index contributed by atoms with van der Waals surface area (Å²) in [4.78, 5) is 27.2. The molecule has 1 saturated heterocycles. The van der Waals surface area contributed by atoms with Crippen LogP contribution in [-0.4, -0.2) is 40.3 Å². The first-order chi connectivity index (χ1) is 13.2. The molecule has 1 saturated carbocycles. The highest BCUT2D eigenvalue weighted by molar-refractivity contribution is 5.89. The van der Waals surface area contributed by atoms with Crippen molar-refractivity contribution in [3.63, 3.8) is 0 Å². The first kappa shape index (κ1) is 20.8. The zero-order valence-corrected chi connectivity index (χ0v) is 17.5. The number of carboxylic acid groups (broad SMARTS) is 1. The third-order valence-corrected chi connectivity index (χ3v) is 6.68. The highest BCUT2D eigenvalue weighted by Gasteiger charge is 2.55. The van der Waals surface area contributed by atoms with Gasteiger partial charge in [0.1, 0.15) is 5.72 Å². The van der Waals surface area contributed by atoms with Crippen LogP contribution in [0, 0.1) is 11.3 Å². The summed E-state index contributed by atoms with van der Waals surface area (Å²) < 4.78 is 6.10. The summed E-state index contributed by atoms with van der Waals surface area (Å²) in [5.41, 5.74) is 0.367. The van der Waals surface area contributed by atoms with Gasteiger partial charge in [-0.25, -0.2) is 4.79 Å². The largest absolute Gasteiger partial charge is 0.480 e. The van der Waals surface area contributed by atoms with Crippen molar-refractivity contribution in [3.05, 3.63) is 35.9 Å². The van der Waals surface area contributed by atoms with E-state index in [0.29, 0.717) is 25.2 Å². The smallest absolute Gasteiger partial charge is 0.328 e. The van der Waals surface area contributed by atoms with Crippen LogP contribution in [0.3, 0.4) is 0 Å². The molecular weight excluding hydrogens is 354 g/mol. The van der Waals surface area contributed by atoms with E-state index in [1.165, 1.54) is 0 Å². The van der Waals surface area contributed by atoms with E-state index in [9.17, 15) is 14.7 Å². The second kappa shape index (κ2) is 7.86. The van der Waals surface area contributed by atoms with Crippen molar-refractivity contribution < 1.29 is 19.4 Å². The van der Waals surface area contributed by atoms with Gasteiger partial charge in [0.2, 0.25) is 5.91 Å². The lowest BCUT2D eigenvalue weighted by Crippen LogP contribution is -2.56. The van der Waals surface area contributed by atoms with Gasteiger partial charge in [-0.05, 0) is 49.0 Å². The predicted octanol–water partition coefficient (Wildman–Crippen LogP) is 4.42. The molecule has 0 bridgehead atoms. The van der Waals surface area contributed by atoms with Crippen LogP contribution in [0.15, 0.2) is 30.3 Å². The summed E-state index contributed by atoms with van der Waals surface area (Å²) in [6.07, 6.45) is 3.93. The molecule has 1 spiro atoms. The predicted molar refractivity (Wildman–Crippen MR) is 108 cm³/mol. The van der Waals surface area contributed by atoms with Crippen molar-refractivity contribution in [3.8, 4) is 0 Å². The summed E-state index contributed by atoms with van der Waals surface area (Å²) in [5, 5.41) is 9.78. The molecule has 28 heavy (non-hydrogen) atoms. The molecular formula is C23H33NO4. The molecule has 1 aromatic carbocycles. The van der Waals surface area contributed by atoms with E-state index in [2.05, 4.69) is 20.8 Å². The monoisotopic (exact) mass is 387 g/mol. The van der Waals surface area contributed by atoms with Crippen LogP contribution in [0.2, 0.25) is 0 Å². The molecule has 5 nitrogen and oxygen atoms in total. The van der Waals surface area contributed by atoms with Gasteiger partial charge in [-0.1, -0.05) is 58.0 Å². The fraction of sp³-hybridized carbons (Fsp3) is 0.652. The Morgan fingerprint density at radius 1 is 1.21 bits per heavy atom. The SMILES string of the molecule is CCC(C(=O)N1C(C(=O)O)COC12CCC(C(C)(C)C)CC2)c1ccccc1. The van der Waals surface area contributed by atoms with Gasteiger partial charge < -0.3 is 9.84 Å². The van der Waals surface area contributed by atoms with E-state index in [4.69, 9.17) is 4.74 Å². The maximum absolute atomic E-state index is 13.6. The third-order valence-electron chi connectivity index (χ3n) is 6.68. The first-order valence-electron chi connectivity index (χ1n) is 10.4. The number of aliphatic carboxylic acids is 1. The quantitative estimate of drug-likeness (QED) is 0.830. The third kappa shape index (κ3) is 3.82. The van der Waals surface area contributed by atoms with Crippen molar-refractivity contribution >= 4 is 11.9 Å². The number of carboxylic acids is 1. The Morgan fingerprint density at radius 3 is 2.32 bits per heavy atom. The van der Waals surface area contributed by atoms with Crippen LogP contribution in [0.5, 0.6) is 0 Å². The summed E-state index contributed by atoms with van der Waals surface area (Å²) in [6.45, 7) is 8.79. The number of hydrogen-bond donors (Lipinski definition) is 1. The van der Waals surface area contributed by atoms with E-state index in [-0.39, 0.29) is 23.8 Å². The van der Waals surface area contributed by atoms with Crippen LogP contribution in [-0.2, 0) is 14.3 Å². The van der Waals surface area contributed by atoms with Gasteiger partial charge in [-0.2, -0.15) is 0 Å². The second-order valence-electron chi connectivity index (χ2n) is 9.33. The van der Waals surface area contributed by atoms with Gasteiger partial charge in [0.25, 0.3) is 0 Å². The molecule has 1 N–H and O–H groups in total. The summed E-state index contributed by atoms with van der Waals surface area (Å²) in [7, 11) is 0. The van der Waals surface area contributed by atoms with Crippen molar-refractivity contribution in [2.75, 3.05) is 6.61 Å². The van der Waals surface area contributed by atoms with Crippen molar-refractivity contribution in [2.24, 2.45) is 11.3 Å². The Hall–Kier alpha value is -1.88. The van der Waals surface area contributed by atoms with Gasteiger partial charge in [-0.3, -0.25) is 9.69 Å². The summed E-state index contributed by atoms with van der Waals surface area (Å²) in [5.74, 6) is -0.889. The molecule has 2 fully saturated rings. The lowest BCUT2D eigenvalue weighted by Gasteiger charge is -2.46. The minimum atomic E-state index is -0.980. The molecule has 0 aromatic heterocycles. The molecule has 2 atom stereocenters. The zero-order chi connectivity index (χ0) is 20.5. The molecule has 1 aliphatic heterocycles. The Kier molecular flexibility index (Phi) is 5.85. The van der Waals surface area contributed by atoms with Crippen LogP contribution in [0.25, 0.3) is 0 Å². The average Bonchev–Trinajstić information content (AvgIpc) is 3.01. The number of carbonyl (C=O) groups is 2. The highest BCUT2D eigenvalue weighted by Crippen LogP contribution is 2.48. The van der Waals surface area contributed by atoms with E-state index >= 15 is 0 Å². The highest BCUT2D eigenvalue weighted by atomic mass is 16.5. The van der Waals surface area contributed by atoms with Gasteiger partial charge in [0.05, 0.1) is 12.5 Å². The molecule has 1 amide bonds. The lowest BCUT2D eigenvalue weighted by atomic mass is 9.70. The van der Waals surface area contributed by atoms with Gasteiger partial charge in [0, 0.05) is 0 Å². The average molecular weight is 388 g/mol. The van der Waals surface area contributed by atoms with Crippen LogP contribution < -0.4 is 0 Å². The van der Waals surface area contributed by atoms with Crippen molar-refractivity contribution in [1.29, 1.82) is 0 Å². The minimum Gasteiger partial charge on any atom is -0.480 e. The Balaban J connectivity index is 1.90. The van der Waals surface area contributed by atoms with E-state index < -0.39 is 17.7 Å². The maximum atomic E-state index is 13.6. The number of carbonyl (C=O) groups excluding carboxylic acids is 1. The number of amides is 1. The van der Waals surface area contributed by atoms with Crippen molar-refractivity contribution in [2.45, 2.75) is 77.5 Å². The number of rotatable bonds is 4. The van der Waals surface area contributed by atoms with E-state index in [0.717, 1.165) is 18.4 Å². The fourth-order valence-electron chi connectivity index (χ4n) is 4.92. The van der Waals surface area contributed by atoms with Gasteiger partial charge in [-0.15, -0.1) is 0 Å². The van der Waals surface area contributed by atoms with Crippen molar-refractivity contribution in [1.82, 2.24) is 4.90 Å². The van der Waals surface area contributed by atoms with Gasteiger partial charge in [0.15, 0.2) is 6.04 Å².